The summed E-state index contributed by atoms with van der Waals surface area (Å²) >= 11 is 0. The number of hydrogen-bond donors (Lipinski definition) is 1. The standard InChI is InChI=1S/C11H19N5.2ClH/c1-15-11(13-8-14-15)7-16-3-2-9-4-12-5-10(9)6-16;;/h8-10,12H,2-7H2,1H3;2*1H. The van der Waals surface area contributed by atoms with E-state index in [-0.39, 0.29) is 24.8 Å². The van der Waals surface area contributed by atoms with Gasteiger partial charge in [0, 0.05) is 13.6 Å². The van der Waals surface area contributed by atoms with Crippen molar-refractivity contribution in [1.29, 1.82) is 0 Å². The second-order valence-electron chi connectivity index (χ2n) is 5.00. The van der Waals surface area contributed by atoms with Crippen molar-refractivity contribution in [1.82, 2.24) is 25.0 Å². The number of aryl methyl sites for hydroxylation is 1. The van der Waals surface area contributed by atoms with Crippen LogP contribution in [-0.2, 0) is 13.6 Å². The van der Waals surface area contributed by atoms with Gasteiger partial charge in [-0.15, -0.1) is 24.8 Å². The molecule has 7 heteroatoms. The molecule has 0 radical (unpaired) electrons. The first kappa shape index (κ1) is 15.7. The maximum atomic E-state index is 4.29. The highest BCUT2D eigenvalue weighted by molar-refractivity contribution is 5.85. The van der Waals surface area contributed by atoms with E-state index in [2.05, 4.69) is 20.3 Å². The van der Waals surface area contributed by atoms with Gasteiger partial charge in [-0.3, -0.25) is 9.58 Å². The van der Waals surface area contributed by atoms with Gasteiger partial charge in [-0.1, -0.05) is 0 Å². The third-order valence-corrected chi connectivity index (χ3v) is 3.96. The number of nitrogens with one attached hydrogen (secondary N) is 1. The molecule has 0 amide bonds. The molecule has 2 fully saturated rings. The number of aromatic nitrogens is 3. The lowest BCUT2D eigenvalue weighted by Crippen LogP contribution is -2.39. The lowest BCUT2D eigenvalue weighted by molar-refractivity contribution is 0.138. The van der Waals surface area contributed by atoms with E-state index >= 15 is 0 Å². The number of hydrogen-bond acceptors (Lipinski definition) is 4. The fourth-order valence-electron chi connectivity index (χ4n) is 2.92. The van der Waals surface area contributed by atoms with Gasteiger partial charge in [0.2, 0.25) is 0 Å². The quantitative estimate of drug-likeness (QED) is 0.872. The zero-order valence-corrected chi connectivity index (χ0v) is 12.2. The van der Waals surface area contributed by atoms with Gasteiger partial charge >= 0.3 is 0 Å². The Bertz CT molecular complexity index is 370. The SMILES string of the molecule is Cl.Cl.Cn1ncnc1CN1CCC2CNCC2C1. The van der Waals surface area contributed by atoms with Gasteiger partial charge in [-0.05, 0) is 37.9 Å². The first-order chi connectivity index (χ1) is 7.83. The molecule has 2 aliphatic rings. The van der Waals surface area contributed by atoms with Gasteiger partial charge in [0.05, 0.1) is 6.54 Å². The van der Waals surface area contributed by atoms with Crippen LogP contribution in [0.5, 0.6) is 0 Å². The summed E-state index contributed by atoms with van der Waals surface area (Å²) in [5.74, 6) is 2.84. The fraction of sp³-hybridized carbons (Fsp3) is 0.818. The van der Waals surface area contributed by atoms with E-state index in [1.54, 1.807) is 6.33 Å². The molecular weight excluding hydrogens is 273 g/mol. The number of nitrogens with zero attached hydrogens (tertiary/aromatic N) is 4. The number of rotatable bonds is 2. The summed E-state index contributed by atoms with van der Waals surface area (Å²) in [5.41, 5.74) is 0. The topological polar surface area (TPSA) is 46.0 Å². The van der Waals surface area contributed by atoms with Crippen LogP contribution in [0, 0.1) is 11.8 Å². The van der Waals surface area contributed by atoms with Crippen molar-refractivity contribution in [3.05, 3.63) is 12.2 Å². The highest BCUT2D eigenvalue weighted by atomic mass is 35.5. The van der Waals surface area contributed by atoms with Crippen molar-refractivity contribution in [3.63, 3.8) is 0 Å². The third kappa shape index (κ3) is 3.15. The van der Waals surface area contributed by atoms with E-state index in [1.165, 1.54) is 32.6 Å². The summed E-state index contributed by atoms with van der Waals surface area (Å²) in [6.07, 6.45) is 2.97. The smallest absolute Gasteiger partial charge is 0.140 e. The Labute approximate surface area is 120 Å². The third-order valence-electron chi connectivity index (χ3n) is 3.96. The largest absolute Gasteiger partial charge is 0.316 e. The molecule has 0 aromatic carbocycles. The normalized spacial score (nSPS) is 27.2. The van der Waals surface area contributed by atoms with Crippen LogP contribution in [0.2, 0.25) is 0 Å². The molecule has 3 rings (SSSR count). The maximum Gasteiger partial charge on any atom is 0.140 e. The summed E-state index contributed by atoms with van der Waals surface area (Å²) in [7, 11) is 1.96. The predicted molar refractivity (Wildman–Crippen MR) is 75.2 cm³/mol. The Balaban J connectivity index is 0.000000810. The van der Waals surface area contributed by atoms with Crippen LogP contribution in [0.15, 0.2) is 6.33 Å². The van der Waals surface area contributed by atoms with Crippen LogP contribution in [-0.4, -0.2) is 45.8 Å². The lowest BCUT2D eigenvalue weighted by atomic mass is 9.89. The molecule has 2 aliphatic heterocycles. The summed E-state index contributed by atoms with van der Waals surface area (Å²) in [6.45, 7) is 5.78. The molecule has 0 spiro atoms. The highest BCUT2D eigenvalue weighted by Gasteiger charge is 2.32. The summed E-state index contributed by atoms with van der Waals surface area (Å²) in [6, 6.07) is 0. The molecule has 3 heterocycles. The van der Waals surface area contributed by atoms with Crippen LogP contribution in [0.4, 0.5) is 0 Å². The van der Waals surface area contributed by atoms with Crippen molar-refractivity contribution in [2.75, 3.05) is 26.2 Å². The Morgan fingerprint density at radius 2 is 2.11 bits per heavy atom. The lowest BCUT2D eigenvalue weighted by Gasteiger charge is -2.33. The number of fused-ring (bicyclic) bond motifs is 1. The molecule has 1 aromatic heterocycles. The molecule has 0 bridgehead atoms. The average molecular weight is 294 g/mol. The van der Waals surface area contributed by atoms with Gasteiger partial charge in [0.15, 0.2) is 0 Å². The van der Waals surface area contributed by atoms with Crippen LogP contribution >= 0.6 is 24.8 Å². The van der Waals surface area contributed by atoms with Gasteiger partial charge in [-0.25, -0.2) is 4.98 Å². The van der Waals surface area contributed by atoms with Gasteiger partial charge < -0.3 is 5.32 Å². The van der Waals surface area contributed by atoms with E-state index in [4.69, 9.17) is 0 Å². The minimum absolute atomic E-state index is 0. The molecule has 0 saturated carbocycles. The minimum Gasteiger partial charge on any atom is -0.316 e. The number of likely N-dealkylation sites (tertiary alicyclic amines) is 1. The van der Waals surface area contributed by atoms with Crippen LogP contribution in [0.1, 0.15) is 12.2 Å². The van der Waals surface area contributed by atoms with Crippen LogP contribution in [0.25, 0.3) is 0 Å². The number of piperidine rings is 1. The Kier molecular flexibility index (Phi) is 5.85. The molecule has 104 valence electrons. The molecule has 0 aliphatic carbocycles. The second kappa shape index (κ2) is 6.70. The molecule has 18 heavy (non-hydrogen) atoms. The molecule has 1 aromatic rings. The number of halogens is 2. The molecule has 2 unspecified atom stereocenters. The molecular formula is C11H21Cl2N5. The Hall–Kier alpha value is -0.360. The van der Waals surface area contributed by atoms with Gasteiger partial charge in [0.25, 0.3) is 0 Å². The molecule has 2 saturated heterocycles. The van der Waals surface area contributed by atoms with Crippen molar-refractivity contribution in [2.45, 2.75) is 13.0 Å². The zero-order chi connectivity index (χ0) is 11.0. The fourth-order valence-corrected chi connectivity index (χ4v) is 2.92. The average Bonchev–Trinajstić information content (AvgIpc) is 2.88. The zero-order valence-electron chi connectivity index (χ0n) is 10.6. The van der Waals surface area contributed by atoms with Crippen molar-refractivity contribution in [2.24, 2.45) is 18.9 Å². The van der Waals surface area contributed by atoms with E-state index in [1.807, 2.05) is 11.7 Å². The minimum atomic E-state index is 0. The highest BCUT2D eigenvalue weighted by Crippen LogP contribution is 2.26. The maximum absolute atomic E-state index is 4.29. The predicted octanol–water partition coefficient (Wildman–Crippen LogP) is 0.700. The van der Waals surface area contributed by atoms with Gasteiger partial charge in [0.1, 0.15) is 12.2 Å². The molecule has 1 N–H and O–H groups in total. The van der Waals surface area contributed by atoms with Crippen LogP contribution in [0.3, 0.4) is 0 Å². The summed E-state index contributed by atoms with van der Waals surface area (Å²) < 4.78 is 1.87. The van der Waals surface area contributed by atoms with Gasteiger partial charge in [-0.2, -0.15) is 5.10 Å². The van der Waals surface area contributed by atoms with E-state index in [0.29, 0.717) is 0 Å². The Morgan fingerprint density at radius 1 is 1.33 bits per heavy atom. The first-order valence-corrected chi connectivity index (χ1v) is 6.09. The van der Waals surface area contributed by atoms with Crippen molar-refractivity contribution < 1.29 is 0 Å². The molecule has 5 nitrogen and oxygen atoms in total. The van der Waals surface area contributed by atoms with E-state index < -0.39 is 0 Å². The first-order valence-electron chi connectivity index (χ1n) is 6.09. The monoisotopic (exact) mass is 293 g/mol. The molecule has 2 atom stereocenters. The van der Waals surface area contributed by atoms with E-state index in [9.17, 15) is 0 Å². The second-order valence-corrected chi connectivity index (χ2v) is 5.00. The van der Waals surface area contributed by atoms with Crippen molar-refractivity contribution in [3.8, 4) is 0 Å². The van der Waals surface area contributed by atoms with Crippen LogP contribution < -0.4 is 5.32 Å². The van der Waals surface area contributed by atoms with Crippen molar-refractivity contribution >= 4 is 24.8 Å². The summed E-state index contributed by atoms with van der Waals surface area (Å²) in [5, 5.41) is 7.61. The van der Waals surface area contributed by atoms with E-state index in [0.717, 1.165) is 24.2 Å². The Morgan fingerprint density at radius 3 is 2.83 bits per heavy atom. The summed E-state index contributed by atoms with van der Waals surface area (Å²) in [4.78, 5) is 6.80.